The topological polar surface area (TPSA) is 90.5 Å². The van der Waals surface area contributed by atoms with Crippen LogP contribution in [-0.4, -0.2) is 36.9 Å². The number of carbonyl (C=O) groups excluding carboxylic acids is 1. The Hall–Kier alpha value is -3.47. The summed E-state index contributed by atoms with van der Waals surface area (Å²) in [6.45, 7) is 3.29. The molecule has 0 unspecified atom stereocenters. The highest BCUT2D eigenvalue weighted by atomic mass is 19.1. The van der Waals surface area contributed by atoms with Crippen LogP contribution in [0.25, 0.3) is 0 Å². The molecule has 0 aliphatic carbocycles. The molecule has 1 saturated heterocycles. The predicted octanol–water partition coefficient (Wildman–Crippen LogP) is 3.13. The normalized spacial score (nSPS) is 14.0. The number of Topliss-reactive ketones (excluding diaryl/α,β-unsaturated/α-hetero) is 1. The second kappa shape index (κ2) is 7.41. The van der Waals surface area contributed by atoms with Crippen molar-refractivity contribution < 1.29 is 14.1 Å². The lowest BCUT2D eigenvalue weighted by Gasteiger charge is -2.37. The average Bonchev–Trinajstić information content (AvgIpc) is 2.67. The van der Waals surface area contributed by atoms with E-state index in [0.29, 0.717) is 43.1 Å². The average molecular weight is 368 g/mol. The fourth-order valence-electron chi connectivity index (χ4n) is 3.18. The van der Waals surface area contributed by atoms with E-state index in [0.717, 1.165) is 0 Å². The predicted molar refractivity (Wildman–Crippen MR) is 98.6 cm³/mol. The Bertz CT molecular complexity index is 946. The number of anilines is 2. The van der Waals surface area contributed by atoms with Crippen LogP contribution in [-0.2, 0) is 0 Å². The maximum Gasteiger partial charge on any atom is 0.293 e. The number of nitriles is 1. The first-order valence-corrected chi connectivity index (χ1v) is 8.39. The summed E-state index contributed by atoms with van der Waals surface area (Å²) in [5.41, 5.74) is 1.30. The third-order valence-corrected chi connectivity index (χ3v) is 4.62. The molecule has 1 aliphatic heterocycles. The van der Waals surface area contributed by atoms with Crippen molar-refractivity contribution in [3.8, 4) is 6.07 Å². The number of ketones is 1. The molecule has 0 aromatic heterocycles. The van der Waals surface area contributed by atoms with E-state index in [1.165, 1.54) is 19.1 Å². The molecule has 1 fully saturated rings. The molecule has 0 radical (unpaired) electrons. The number of nitrogens with zero attached hydrogens (tertiary/aromatic N) is 4. The molecule has 0 bridgehead atoms. The Morgan fingerprint density at radius 1 is 1.11 bits per heavy atom. The summed E-state index contributed by atoms with van der Waals surface area (Å²) in [7, 11) is 0. The lowest BCUT2D eigenvalue weighted by atomic mass is 10.1. The van der Waals surface area contributed by atoms with E-state index >= 15 is 0 Å². The smallest absolute Gasteiger partial charge is 0.293 e. The molecule has 0 saturated carbocycles. The van der Waals surface area contributed by atoms with E-state index in [9.17, 15) is 19.3 Å². The zero-order valence-corrected chi connectivity index (χ0v) is 14.7. The summed E-state index contributed by atoms with van der Waals surface area (Å²) < 4.78 is 14.3. The van der Waals surface area contributed by atoms with Crippen LogP contribution in [0.15, 0.2) is 36.4 Å². The molecular weight excluding hydrogens is 351 g/mol. The summed E-state index contributed by atoms with van der Waals surface area (Å²) in [6.07, 6.45) is 0. The highest BCUT2D eigenvalue weighted by molar-refractivity contribution is 5.94. The van der Waals surface area contributed by atoms with Crippen molar-refractivity contribution in [2.24, 2.45) is 0 Å². The summed E-state index contributed by atoms with van der Waals surface area (Å²) in [5.74, 6) is -0.654. The van der Waals surface area contributed by atoms with Gasteiger partial charge in [0.1, 0.15) is 11.5 Å². The minimum absolute atomic E-state index is 0.112. The van der Waals surface area contributed by atoms with E-state index in [4.69, 9.17) is 5.26 Å². The van der Waals surface area contributed by atoms with Gasteiger partial charge in [0.15, 0.2) is 5.78 Å². The summed E-state index contributed by atoms with van der Waals surface area (Å²) in [4.78, 5) is 25.9. The lowest BCUT2D eigenvalue weighted by Crippen LogP contribution is -2.47. The fourth-order valence-corrected chi connectivity index (χ4v) is 3.18. The highest BCUT2D eigenvalue weighted by Gasteiger charge is 2.25. The number of rotatable bonds is 4. The molecule has 7 nitrogen and oxygen atoms in total. The van der Waals surface area contributed by atoms with E-state index in [1.807, 2.05) is 15.9 Å². The number of nitro benzene ring substituents is 1. The molecule has 8 heteroatoms. The van der Waals surface area contributed by atoms with Gasteiger partial charge in [0, 0.05) is 37.8 Å². The number of piperazine rings is 1. The standard InChI is InChI=1S/C19H17FN4O3/c1-13(25)15-3-5-17(16(20)11-15)22-6-8-23(9-7-22)18-4-2-14(12-21)10-19(18)24(26)27/h2-5,10-11H,6-9H2,1H3. The number of hydrogen-bond acceptors (Lipinski definition) is 6. The minimum atomic E-state index is -0.497. The summed E-state index contributed by atoms with van der Waals surface area (Å²) >= 11 is 0. The third-order valence-electron chi connectivity index (χ3n) is 4.62. The number of nitro groups is 1. The van der Waals surface area contributed by atoms with Gasteiger partial charge in [-0.1, -0.05) is 0 Å². The van der Waals surface area contributed by atoms with Crippen molar-refractivity contribution in [1.82, 2.24) is 0 Å². The molecule has 3 rings (SSSR count). The van der Waals surface area contributed by atoms with E-state index in [2.05, 4.69) is 0 Å². The summed E-state index contributed by atoms with van der Waals surface area (Å²) in [5, 5.41) is 20.3. The van der Waals surface area contributed by atoms with Gasteiger partial charge in [0.25, 0.3) is 5.69 Å². The largest absolute Gasteiger partial charge is 0.366 e. The van der Waals surface area contributed by atoms with Crippen molar-refractivity contribution in [2.75, 3.05) is 36.0 Å². The van der Waals surface area contributed by atoms with Gasteiger partial charge in [0.05, 0.1) is 22.2 Å². The maximum absolute atomic E-state index is 14.3. The van der Waals surface area contributed by atoms with Gasteiger partial charge in [0.2, 0.25) is 0 Å². The van der Waals surface area contributed by atoms with Gasteiger partial charge in [-0.25, -0.2) is 4.39 Å². The SMILES string of the molecule is CC(=O)c1ccc(N2CCN(c3ccc(C#N)cc3[N+](=O)[O-])CC2)c(F)c1. The van der Waals surface area contributed by atoms with Crippen LogP contribution in [0.3, 0.4) is 0 Å². The molecule has 27 heavy (non-hydrogen) atoms. The van der Waals surface area contributed by atoms with Gasteiger partial charge >= 0.3 is 0 Å². The van der Waals surface area contributed by atoms with Crippen LogP contribution in [0.5, 0.6) is 0 Å². The highest BCUT2D eigenvalue weighted by Crippen LogP contribution is 2.31. The van der Waals surface area contributed by atoms with E-state index < -0.39 is 10.7 Å². The quantitative estimate of drug-likeness (QED) is 0.468. The second-order valence-electron chi connectivity index (χ2n) is 6.27. The second-order valence-corrected chi connectivity index (χ2v) is 6.27. The number of carbonyl (C=O) groups is 1. The molecule has 0 atom stereocenters. The Labute approximate surface area is 155 Å². The first-order chi connectivity index (χ1) is 12.9. The van der Waals surface area contributed by atoms with Crippen LogP contribution in [0.2, 0.25) is 0 Å². The van der Waals surface area contributed by atoms with Crippen molar-refractivity contribution >= 4 is 22.8 Å². The zero-order chi connectivity index (χ0) is 19.6. The zero-order valence-electron chi connectivity index (χ0n) is 14.7. The Morgan fingerprint density at radius 3 is 2.22 bits per heavy atom. The molecule has 2 aromatic carbocycles. The fraction of sp³-hybridized carbons (Fsp3) is 0.263. The van der Waals surface area contributed by atoms with Gasteiger partial charge in [-0.15, -0.1) is 0 Å². The molecule has 0 spiro atoms. The Morgan fingerprint density at radius 2 is 1.70 bits per heavy atom. The molecule has 138 valence electrons. The van der Waals surface area contributed by atoms with Crippen molar-refractivity contribution in [2.45, 2.75) is 6.92 Å². The Kier molecular flexibility index (Phi) is 5.03. The van der Waals surface area contributed by atoms with Gasteiger partial charge in [-0.05, 0) is 37.3 Å². The molecule has 1 aliphatic rings. The van der Waals surface area contributed by atoms with Gasteiger partial charge in [-0.3, -0.25) is 14.9 Å². The van der Waals surface area contributed by atoms with Crippen molar-refractivity contribution in [3.05, 3.63) is 63.5 Å². The van der Waals surface area contributed by atoms with Crippen LogP contribution in [0, 0.1) is 27.3 Å². The molecule has 0 N–H and O–H groups in total. The van der Waals surface area contributed by atoms with Crippen LogP contribution in [0.1, 0.15) is 22.8 Å². The molecule has 1 heterocycles. The van der Waals surface area contributed by atoms with Crippen molar-refractivity contribution in [3.63, 3.8) is 0 Å². The van der Waals surface area contributed by atoms with E-state index in [-0.39, 0.29) is 17.0 Å². The molecular formula is C19H17FN4O3. The maximum atomic E-state index is 14.3. The van der Waals surface area contributed by atoms with Crippen molar-refractivity contribution in [1.29, 1.82) is 5.26 Å². The number of hydrogen-bond donors (Lipinski definition) is 0. The first-order valence-electron chi connectivity index (χ1n) is 8.39. The Balaban J connectivity index is 1.77. The lowest BCUT2D eigenvalue weighted by molar-refractivity contribution is -0.384. The third kappa shape index (κ3) is 3.72. The van der Waals surface area contributed by atoms with Crippen LogP contribution >= 0.6 is 0 Å². The van der Waals surface area contributed by atoms with Gasteiger partial charge < -0.3 is 9.80 Å². The monoisotopic (exact) mass is 368 g/mol. The van der Waals surface area contributed by atoms with Crippen LogP contribution < -0.4 is 9.80 Å². The minimum Gasteiger partial charge on any atom is -0.366 e. The van der Waals surface area contributed by atoms with Crippen LogP contribution in [0.4, 0.5) is 21.5 Å². The number of benzene rings is 2. The van der Waals surface area contributed by atoms with E-state index in [1.54, 1.807) is 24.3 Å². The summed E-state index contributed by atoms with van der Waals surface area (Å²) in [6, 6.07) is 10.7. The van der Waals surface area contributed by atoms with Gasteiger partial charge in [-0.2, -0.15) is 5.26 Å². The molecule has 2 aromatic rings. The first kappa shape index (κ1) is 18.3. The molecule has 0 amide bonds. The number of halogens is 1.